The van der Waals surface area contributed by atoms with E-state index >= 15 is 0 Å². The Morgan fingerprint density at radius 3 is 2.18 bits per heavy atom. The summed E-state index contributed by atoms with van der Waals surface area (Å²) >= 11 is 0. The van der Waals surface area contributed by atoms with Gasteiger partial charge < -0.3 is 29.5 Å². The van der Waals surface area contributed by atoms with Gasteiger partial charge in [0.1, 0.15) is 31.0 Å². The summed E-state index contributed by atoms with van der Waals surface area (Å²) in [5, 5.41) is 32.5. The predicted octanol–water partition coefficient (Wildman–Crippen LogP) is 11.4. The van der Waals surface area contributed by atoms with Crippen molar-refractivity contribution in [1.82, 2.24) is 0 Å². The molecule has 4 fully saturated rings. The highest BCUT2D eigenvalue weighted by Gasteiger charge is 2.59. The molecule has 7 heteroatoms. The van der Waals surface area contributed by atoms with E-state index in [9.17, 15) is 20.1 Å². The molecule has 0 spiro atoms. The van der Waals surface area contributed by atoms with Crippen molar-refractivity contribution in [3.8, 4) is 0 Å². The summed E-state index contributed by atoms with van der Waals surface area (Å²) in [4.78, 5) is 12.6. The van der Waals surface area contributed by atoms with E-state index < -0.39 is 30.7 Å². The van der Waals surface area contributed by atoms with Gasteiger partial charge in [0.15, 0.2) is 6.29 Å². The topological polar surface area (TPSA) is 105 Å². The zero-order chi connectivity index (χ0) is 41.2. The summed E-state index contributed by atoms with van der Waals surface area (Å²) in [6.07, 6.45) is 24.3. The van der Waals surface area contributed by atoms with Crippen LogP contribution in [0.1, 0.15) is 196 Å². The normalized spacial score (nSPS) is 37.4. The van der Waals surface area contributed by atoms with Gasteiger partial charge in [-0.2, -0.15) is 0 Å². The molecule has 328 valence electrons. The standard InChI is InChI=1S/C50H86O7/c1-8-10-11-12-13-14-15-16-17-18-19-20-21-44(51)55-33-43-45(52)46(53)47(54)48(57-43)56-38-28-30-49(6)37(32-38)24-25-39-41-27-26-40(50(41,7)31-29-42(39)49)35(5)22-23-36(9-2)34(3)4/h24,35-36,38-43,45-48,52-54H,3,8-23,25-33H2,1-2,4-7H3/t35-,36+,38+,39+,40-,41+,42+,43-,45-,46+,47-,48-,49+,50-/m1/s1. The molecule has 1 aliphatic heterocycles. The first-order chi connectivity index (χ1) is 27.3. The molecule has 0 radical (unpaired) electrons. The van der Waals surface area contributed by atoms with Crippen LogP contribution in [-0.2, 0) is 19.0 Å². The van der Waals surface area contributed by atoms with Crippen molar-refractivity contribution in [2.75, 3.05) is 6.61 Å². The van der Waals surface area contributed by atoms with Gasteiger partial charge in [-0.15, -0.1) is 0 Å². The summed E-state index contributed by atoms with van der Waals surface area (Å²) in [6.45, 7) is 18.6. The number of rotatable bonds is 23. The molecule has 0 aromatic carbocycles. The van der Waals surface area contributed by atoms with Crippen LogP contribution in [0, 0.1) is 46.3 Å². The zero-order valence-corrected chi connectivity index (χ0v) is 37.4. The molecule has 1 heterocycles. The number of aliphatic hydroxyl groups excluding tert-OH is 3. The minimum atomic E-state index is -1.44. The summed E-state index contributed by atoms with van der Waals surface area (Å²) in [5.41, 5.74) is 3.44. The summed E-state index contributed by atoms with van der Waals surface area (Å²) in [6, 6.07) is 0. The second kappa shape index (κ2) is 22.0. The number of allylic oxidation sites excluding steroid dienone is 2. The van der Waals surface area contributed by atoms with Gasteiger partial charge >= 0.3 is 5.97 Å². The van der Waals surface area contributed by atoms with Gasteiger partial charge in [-0.1, -0.05) is 129 Å². The molecule has 14 atom stereocenters. The van der Waals surface area contributed by atoms with Crippen LogP contribution in [0.5, 0.6) is 0 Å². The SMILES string of the molecule is C=C(C)[C@@H](CC)CC[C@@H](C)[C@H]1CC[C@H]2[C@@H]3CC=C4C[C@@H](O[C@@H]5O[C@H](COC(=O)CCCCCCCCCCCCCC)[C@@H](O)[C@H](O)[C@H]5O)CC[C@]4(C)[C@H]3CC[C@]12C. The minimum absolute atomic E-state index is 0.145. The van der Waals surface area contributed by atoms with Crippen LogP contribution in [0.15, 0.2) is 23.8 Å². The third kappa shape index (κ3) is 11.6. The van der Waals surface area contributed by atoms with Crippen LogP contribution in [0.2, 0.25) is 0 Å². The van der Waals surface area contributed by atoms with Crippen molar-refractivity contribution in [2.45, 2.75) is 232 Å². The van der Waals surface area contributed by atoms with Crippen LogP contribution < -0.4 is 0 Å². The van der Waals surface area contributed by atoms with E-state index in [-0.39, 0.29) is 24.1 Å². The third-order valence-electron chi connectivity index (χ3n) is 16.6. The first-order valence-electron chi connectivity index (χ1n) is 24.2. The van der Waals surface area contributed by atoms with Gasteiger partial charge in [0.25, 0.3) is 0 Å². The van der Waals surface area contributed by atoms with Crippen LogP contribution in [0.3, 0.4) is 0 Å². The van der Waals surface area contributed by atoms with Crippen molar-refractivity contribution in [1.29, 1.82) is 0 Å². The zero-order valence-electron chi connectivity index (χ0n) is 37.4. The van der Waals surface area contributed by atoms with E-state index in [0.717, 1.165) is 68.6 Å². The highest BCUT2D eigenvalue weighted by molar-refractivity contribution is 5.69. The first-order valence-corrected chi connectivity index (χ1v) is 24.2. The maximum Gasteiger partial charge on any atom is 0.305 e. The average Bonchev–Trinajstić information content (AvgIpc) is 3.55. The largest absolute Gasteiger partial charge is 0.463 e. The number of unbranched alkanes of at least 4 members (excludes halogenated alkanes) is 11. The quantitative estimate of drug-likeness (QED) is 0.0537. The number of hydrogen-bond acceptors (Lipinski definition) is 7. The molecular formula is C50H86O7. The Balaban J connectivity index is 1.06. The number of hydrogen-bond donors (Lipinski definition) is 3. The molecule has 0 bridgehead atoms. The lowest BCUT2D eigenvalue weighted by atomic mass is 9.47. The molecule has 5 aliphatic rings. The van der Waals surface area contributed by atoms with Gasteiger partial charge in [-0.3, -0.25) is 4.79 Å². The molecule has 4 aliphatic carbocycles. The predicted molar refractivity (Wildman–Crippen MR) is 230 cm³/mol. The van der Waals surface area contributed by atoms with E-state index in [1.54, 1.807) is 0 Å². The van der Waals surface area contributed by atoms with Crippen molar-refractivity contribution in [3.63, 3.8) is 0 Å². The number of carbonyl (C=O) groups excluding carboxylic acids is 1. The Hall–Kier alpha value is -1.25. The van der Waals surface area contributed by atoms with Crippen LogP contribution in [-0.4, -0.2) is 64.7 Å². The molecule has 3 saturated carbocycles. The number of esters is 1. The molecule has 0 amide bonds. The summed E-state index contributed by atoms with van der Waals surface area (Å²) in [7, 11) is 0. The van der Waals surface area contributed by atoms with Gasteiger partial charge in [0.05, 0.1) is 6.10 Å². The lowest BCUT2D eigenvalue weighted by Gasteiger charge is -2.58. The Morgan fingerprint density at radius 1 is 0.860 bits per heavy atom. The fourth-order valence-corrected chi connectivity index (χ4v) is 12.9. The third-order valence-corrected chi connectivity index (χ3v) is 16.6. The van der Waals surface area contributed by atoms with E-state index in [2.05, 4.69) is 54.2 Å². The number of aliphatic hydroxyl groups is 3. The fourth-order valence-electron chi connectivity index (χ4n) is 12.9. The van der Waals surface area contributed by atoms with Crippen molar-refractivity contribution in [2.24, 2.45) is 46.3 Å². The Labute approximate surface area is 348 Å². The molecule has 0 unspecified atom stereocenters. The highest BCUT2D eigenvalue weighted by Crippen LogP contribution is 2.67. The first kappa shape index (κ1) is 46.8. The second-order valence-corrected chi connectivity index (χ2v) is 20.3. The fraction of sp³-hybridized carbons (Fsp3) is 0.900. The number of carbonyl (C=O) groups is 1. The van der Waals surface area contributed by atoms with Crippen molar-refractivity contribution < 1.29 is 34.3 Å². The van der Waals surface area contributed by atoms with Gasteiger partial charge in [0.2, 0.25) is 0 Å². The lowest BCUT2D eigenvalue weighted by Crippen LogP contribution is -2.60. The maximum atomic E-state index is 12.6. The van der Waals surface area contributed by atoms with Crippen LogP contribution in [0.25, 0.3) is 0 Å². The molecule has 1 saturated heterocycles. The van der Waals surface area contributed by atoms with Crippen LogP contribution >= 0.6 is 0 Å². The molecule has 3 N–H and O–H groups in total. The maximum absolute atomic E-state index is 12.6. The Morgan fingerprint density at radius 2 is 1.53 bits per heavy atom. The van der Waals surface area contributed by atoms with Gasteiger partial charge in [0, 0.05) is 6.42 Å². The molecule has 5 rings (SSSR count). The molecule has 0 aromatic rings. The second-order valence-electron chi connectivity index (χ2n) is 20.3. The molecular weight excluding hydrogens is 713 g/mol. The summed E-state index contributed by atoms with van der Waals surface area (Å²) < 4.78 is 18.0. The number of fused-ring (bicyclic) bond motifs is 5. The van der Waals surface area contributed by atoms with E-state index in [4.69, 9.17) is 14.2 Å². The van der Waals surface area contributed by atoms with E-state index in [0.29, 0.717) is 23.7 Å². The molecule has 0 aromatic heterocycles. The minimum Gasteiger partial charge on any atom is -0.463 e. The summed E-state index contributed by atoms with van der Waals surface area (Å²) in [5.74, 6) is 4.15. The van der Waals surface area contributed by atoms with Crippen molar-refractivity contribution in [3.05, 3.63) is 23.8 Å². The van der Waals surface area contributed by atoms with E-state index in [1.165, 1.54) is 114 Å². The average molecular weight is 799 g/mol. The number of ether oxygens (including phenoxy) is 3. The Kier molecular flexibility index (Phi) is 18.1. The Bertz CT molecular complexity index is 1280. The van der Waals surface area contributed by atoms with Gasteiger partial charge in [-0.25, -0.2) is 0 Å². The lowest BCUT2D eigenvalue weighted by molar-refractivity contribution is -0.313. The highest BCUT2D eigenvalue weighted by atomic mass is 16.7. The molecule has 57 heavy (non-hydrogen) atoms. The molecule has 7 nitrogen and oxygen atoms in total. The van der Waals surface area contributed by atoms with Crippen molar-refractivity contribution >= 4 is 5.97 Å². The van der Waals surface area contributed by atoms with Crippen LogP contribution in [0.4, 0.5) is 0 Å². The monoisotopic (exact) mass is 799 g/mol. The van der Waals surface area contributed by atoms with Gasteiger partial charge in [-0.05, 0) is 130 Å². The van der Waals surface area contributed by atoms with E-state index in [1.807, 2.05) is 0 Å². The smallest absolute Gasteiger partial charge is 0.305 e.